The largest absolute Gasteiger partial charge is 0.353 e. The van der Waals surface area contributed by atoms with E-state index in [9.17, 15) is 4.21 Å². The third-order valence-electron chi connectivity index (χ3n) is 7.13. The first kappa shape index (κ1) is 23.9. The maximum absolute atomic E-state index is 13.3. The van der Waals surface area contributed by atoms with E-state index in [0.717, 1.165) is 45.3 Å². The fraction of sp³-hybridized carbons (Fsp3) is 0.630. The topological polar surface area (TPSA) is 47.6 Å². The molecule has 1 unspecified atom stereocenters. The van der Waals surface area contributed by atoms with Crippen molar-refractivity contribution in [3.8, 4) is 0 Å². The zero-order chi connectivity index (χ0) is 22.6. The van der Waals surface area contributed by atoms with Gasteiger partial charge in [0.05, 0.1) is 28.9 Å². The molecule has 2 aliphatic rings. The number of ether oxygens (including phenoxy) is 2. The van der Waals surface area contributed by atoms with E-state index in [1.807, 2.05) is 20.8 Å². The molecule has 0 aromatic heterocycles. The van der Waals surface area contributed by atoms with Gasteiger partial charge in [-0.2, -0.15) is 0 Å². The van der Waals surface area contributed by atoms with Gasteiger partial charge in [0, 0.05) is 11.5 Å². The molecule has 5 heteroatoms. The van der Waals surface area contributed by atoms with Gasteiger partial charge in [-0.3, -0.25) is 0 Å². The normalized spacial score (nSPS) is 22.0. The molecule has 2 aromatic carbocycles. The van der Waals surface area contributed by atoms with Gasteiger partial charge in [0.2, 0.25) is 0 Å². The third-order valence-corrected chi connectivity index (χ3v) is 8.74. The number of nitrogens with one attached hydrogen (secondary N) is 1. The van der Waals surface area contributed by atoms with Gasteiger partial charge in [-0.15, -0.1) is 0 Å². The van der Waals surface area contributed by atoms with Gasteiger partial charge in [-0.1, -0.05) is 61.7 Å². The van der Waals surface area contributed by atoms with Crippen LogP contribution < -0.4 is 4.72 Å². The van der Waals surface area contributed by atoms with Gasteiger partial charge >= 0.3 is 0 Å². The van der Waals surface area contributed by atoms with E-state index in [1.54, 1.807) is 0 Å². The van der Waals surface area contributed by atoms with Crippen LogP contribution in [0.15, 0.2) is 42.5 Å². The van der Waals surface area contributed by atoms with E-state index in [4.69, 9.17) is 9.47 Å². The molecule has 1 aliphatic heterocycles. The molecule has 32 heavy (non-hydrogen) atoms. The highest BCUT2D eigenvalue weighted by Crippen LogP contribution is 2.45. The molecule has 0 bridgehead atoms. The van der Waals surface area contributed by atoms with Gasteiger partial charge in [0.15, 0.2) is 6.29 Å². The Morgan fingerprint density at radius 3 is 2.38 bits per heavy atom. The summed E-state index contributed by atoms with van der Waals surface area (Å²) in [6.07, 6.45) is 8.48. The SMILES string of the molecule is CC(C)(C)[S@@](=O)NC(CCC1OCCCO1)C1(c2ccc3ccccc3c2)CCCCC1. The minimum atomic E-state index is -1.13. The first-order valence-electron chi connectivity index (χ1n) is 12.3. The van der Waals surface area contributed by atoms with Crippen LogP contribution in [0.1, 0.15) is 77.7 Å². The van der Waals surface area contributed by atoms with Crippen molar-refractivity contribution < 1.29 is 13.7 Å². The lowest BCUT2D eigenvalue weighted by Gasteiger charge is -2.45. The predicted octanol–water partition coefficient (Wildman–Crippen LogP) is 6.01. The number of benzene rings is 2. The third kappa shape index (κ3) is 5.44. The lowest BCUT2D eigenvalue weighted by molar-refractivity contribution is -0.182. The van der Waals surface area contributed by atoms with Crippen LogP contribution in [0.5, 0.6) is 0 Å². The summed E-state index contributed by atoms with van der Waals surface area (Å²) in [7, 11) is -1.13. The molecule has 1 saturated carbocycles. The number of hydrogen-bond acceptors (Lipinski definition) is 3. The summed E-state index contributed by atoms with van der Waals surface area (Å²) < 4.78 is 28.3. The van der Waals surface area contributed by atoms with E-state index in [-0.39, 0.29) is 22.5 Å². The molecule has 4 nitrogen and oxygen atoms in total. The van der Waals surface area contributed by atoms with Crippen LogP contribution in [0.2, 0.25) is 0 Å². The lowest BCUT2D eigenvalue weighted by atomic mass is 9.64. The monoisotopic (exact) mass is 457 g/mol. The molecule has 2 fully saturated rings. The first-order valence-corrected chi connectivity index (χ1v) is 13.4. The van der Waals surface area contributed by atoms with Gasteiger partial charge in [-0.25, -0.2) is 8.93 Å². The summed E-state index contributed by atoms with van der Waals surface area (Å²) in [5, 5.41) is 2.55. The highest BCUT2D eigenvalue weighted by atomic mass is 32.2. The van der Waals surface area contributed by atoms with Crippen LogP contribution in [0.3, 0.4) is 0 Å². The molecule has 1 aliphatic carbocycles. The Morgan fingerprint density at radius 2 is 1.69 bits per heavy atom. The van der Waals surface area contributed by atoms with Crippen molar-refractivity contribution in [3.05, 3.63) is 48.0 Å². The minimum Gasteiger partial charge on any atom is -0.353 e. The van der Waals surface area contributed by atoms with Crippen molar-refractivity contribution in [2.75, 3.05) is 13.2 Å². The first-order chi connectivity index (χ1) is 15.4. The van der Waals surface area contributed by atoms with Gasteiger partial charge in [-0.05, 0) is 69.2 Å². The second-order valence-corrected chi connectivity index (χ2v) is 12.4. The maximum Gasteiger partial charge on any atom is 0.157 e. The lowest BCUT2D eigenvalue weighted by Crippen LogP contribution is -2.53. The molecule has 1 saturated heterocycles. The molecule has 0 amide bonds. The Bertz CT molecular complexity index is 911. The molecule has 176 valence electrons. The van der Waals surface area contributed by atoms with Crippen molar-refractivity contribution in [2.45, 2.75) is 94.6 Å². The van der Waals surface area contributed by atoms with E-state index in [0.29, 0.717) is 0 Å². The van der Waals surface area contributed by atoms with Crippen LogP contribution in [0.4, 0.5) is 0 Å². The van der Waals surface area contributed by atoms with Gasteiger partial charge in [0.25, 0.3) is 0 Å². The zero-order valence-corrected chi connectivity index (χ0v) is 20.7. The van der Waals surface area contributed by atoms with E-state index in [2.05, 4.69) is 47.2 Å². The smallest absolute Gasteiger partial charge is 0.157 e. The molecule has 0 spiro atoms. The van der Waals surface area contributed by atoms with Crippen molar-refractivity contribution in [1.82, 2.24) is 4.72 Å². The Labute approximate surface area is 196 Å². The maximum atomic E-state index is 13.3. The molecule has 4 rings (SSSR count). The molecule has 2 aromatic rings. The van der Waals surface area contributed by atoms with Crippen LogP contribution in [0, 0.1) is 0 Å². The van der Waals surface area contributed by atoms with Gasteiger partial charge in [0.1, 0.15) is 0 Å². The number of fused-ring (bicyclic) bond motifs is 1. The van der Waals surface area contributed by atoms with Crippen LogP contribution in [0.25, 0.3) is 10.8 Å². The van der Waals surface area contributed by atoms with Crippen LogP contribution in [-0.4, -0.2) is 34.5 Å². The molecule has 1 heterocycles. The van der Waals surface area contributed by atoms with Crippen molar-refractivity contribution in [3.63, 3.8) is 0 Å². The second kappa shape index (κ2) is 10.3. The summed E-state index contributed by atoms with van der Waals surface area (Å²) >= 11 is 0. The minimum absolute atomic E-state index is 0.0299. The second-order valence-electron chi connectivity index (χ2n) is 10.4. The Morgan fingerprint density at radius 1 is 1.00 bits per heavy atom. The summed E-state index contributed by atoms with van der Waals surface area (Å²) in [5.74, 6) is 0. The molecular weight excluding hydrogens is 418 g/mol. The fourth-order valence-electron chi connectivity index (χ4n) is 5.28. The number of hydrogen-bond donors (Lipinski definition) is 1. The Hall–Kier alpha value is -1.27. The zero-order valence-electron chi connectivity index (χ0n) is 19.9. The molecular formula is C27H39NO3S. The van der Waals surface area contributed by atoms with Gasteiger partial charge < -0.3 is 9.47 Å². The average molecular weight is 458 g/mol. The summed E-state index contributed by atoms with van der Waals surface area (Å²) in [6.45, 7) is 7.68. The van der Waals surface area contributed by atoms with Crippen molar-refractivity contribution >= 4 is 21.8 Å². The number of rotatable bonds is 7. The van der Waals surface area contributed by atoms with E-state index < -0.39 is 11.0 Å². The van der Waals surface area contributed by atoms with Crippen LogP contribution >= 0.6 is 0 Å². The fourth-order valence-corrected chi connectivity index (χ4v) is 6.24. The van der Waals surface area contributed by atoms with Crippen molar-refractivity contribution in [1.29, 1.82) is 0 Å². The quantitative estimate of drug-likeness (QED) is 0.554. The summed E-state index contributed by atoms with van der Waals surface area (Å²) in [4.78, 5) is 0. The highest BCUT2D eigenvalue weighted by Gasteiger charge is 2.43. The summed E-state index contributed by atoms with van der Waals surface area (Å²) in [5.41, 5.74) is 1.35. The van der Waals surface area contributed by atoms with Crippen LogP contribution in [-0.2, 0) is 25.9 Å². The Kier molecular flexibility index (Phi) is 7.71. The highest BCUT2D eigenvalue weighted by molar-refractivity contribution is 7.84. The Balaban J connectivity index is 1.68. The standard InChI is InChI=1S/C27H39NO3S/c1-26(2,3)32(29)28-24(14-15-25-30-18-9-19-31-25)27(16-7-4-8-17-27)23-13-12-21-10-5-6-11-22(21)20-23/h5-6,10-13,20,24-25,28H,4,7-9,14-19H2,1-3H3/t24?,32-/m1/s1. The van der Waals surface area contributed by atoms with E-state index >= 15 is 0 Å². The molecule has 2 atom stereocenters. The van der Waals surface area contributed by atoms with Crippen molar-refractivity contribution in [2.24, 2.45) is 0 Å². The van der Waals surface area contributed by atoms with E-state index in [1.165, 1.54) is 35.6 Å². The predicted molar refractivity (Wildman–Crippen MR) is 133 cm³/mol. The summed E-state index contributed by atoms with van der Waals surface area (Å²) in [6, 6.07) is 15.6. The molecule has 0 radical (unpaired) electrons. The molecule has 1 N–H and O–H groups in total. The average Bonchev–Trinajstić information content (AvgIpc) is 2.81.